The lowest BCUT2D eigenvalue weighted by atomic mass is 9.87. The minimum Gasteiger partial charge on any atom is -0.379 e. The van der Waals surface area contributed by atoms with Gasteiger partial charge in [-0.2, -0.15) is 0 Å². The number of nitrogens with zero attached hydrogens (tertiary/aromatic N) is 4. The van der Waals surface area contributed by atoms with Crippen molar-refractivity contribution in [3.63, 3.8) is 0 Å². The molecule has 0 aromatic carbocycles. The quantitative estimate of drug-likeness (QED) is 0.810. The van der Waals surface area contributed by atoms with Crippen LogP contribution in [0.4, 0.5) is 5.95 Å². The van der Waals surface area contributed by atoms with Crippen molar-refractivity contribution in [2.24, 2.45) is 0 Å². The first-order valence-electron chi connectivity index (χ1n) is 8.32. The molecule has 1 aromatic rings. The molecule has 1 spiro atoms. The molecule has 0 aliphatic carbocycles. The van der Waals surface area contributed by atoms with Crippen LogP contribution in [0.5, 0.6) is 0 Å². The van der Waals surface area contributed by atoms with E-state index in [-0.39, 0.29) is 5.60 Å². The van der Waals surface area contributed by atoms with Crippen molar-refractivity contribution in [1.29, 1.82) is 0 Å². The van der Waals surface area contributed by atoms with Gasteiger partial charge in [0, 0.05) is 44.6 Å². The van der Waals surface area contributed by atoms with Gasteiger partial charge in [0.25, 0.3) is 0 Å². The number of piperidine rings is 1. The van der Waals surface area contributed by atoms with Gasteiger partial charge in [0.2, 0.25) is 5.95 Å². The standard InChI is InChI=1S/C16H24N4O2/c1-4-17-15(18-5-1)20-6-2-16(3-7-20)12-14(13-22-16)19-8-10-21-11-9-19/h1,4-5,14H,2-3,6-13H2. The fourth-order valence-corrected chi connectivity index (χ4v) is 3.91. The highest BCUT2D eigenvalue weighted by Gasteiger charge is 2.44. The zero-order chi connectivity index (χ0) is 14.8. The topological polar surface area (TPSA) is 50.7 Å². The Hall–Kier alpha value is -1.24. The second-order valence-electron chi connectivity index (χ2n) is 6.54. The number of hydrogen-bond donors (Lipinski definition) is 0. The van der Waals surface area contributed by atoms with Crippen LogP contribution in [0.15, 0.2) is 18.5 Å². The number of morpholine rings is 1. The lowest BCUT2D eigenvalue weighted by Gasteiger charge is -2.39. The van der Waals surface area contributed by atoms with Crippen LogP contribution in [0, 0.1) is 0 Å². The molecule has 4 heterocycles. The van der Waals surface area contributed by atoms with Crippen LogP contribution < -0.4 is 4.90 Å². The van der Waals surface area contributed by atoms with Gasteiger partial charge in [-0.3, -0.25) is 4.90 Å². The van der Waals surface area contributed by atoms with Gasteiger partial charge in [0.15, 0.2) is 0 Å². The van der Waals surface area contributed by atoms with Gasteiger partial charge in [-0.1, -0.05) is 0 Å². The van der Waals surface area contributed by atoms with Crippen LogP contribution in [-0.2, 0) is 9.47 Å². The van der Waals surface area contributed by atoms with Crippen LogP contribution in [0.25, 0.3) is 0 Å². The largest absolute Gasteiger partial charge is 0.379 e. The van der Waals surface area contributed by atoms with E-state index < -0.39 is 0 Å². The monoisotopic (exact) mass is 304 g/mol. The van der Waals surface area contributed by atoms with Gasteiger partial charge in [0.05, 0.1) is 25.4 Å². The van der Waals surface area contributed by atoms with E-state index in [0.29, 0.717) is 6.04 Å². The predicted octanol–water partition coefficient (Wildman–Crippen LogP) is 0.937. The SMILES string of the molecule is c1cnc(N2CCC3(CC2)CC(N2CCOCC2)CO3)nc1. The fourth-order valence-electron chi connectivity index (χ4n) is 3.91. The Morgan fingerprint density at radius 1 is 1.05 bits per heavy atom. The summed E-state index contributed by atoms with van der Waals surface area (Å²) in [4.78, 5) is 13.5. The van der Waals surface area contributed by atoms with E-state index in [1.807, 2.05) is 18.5 Å². The van der Waals surface area contributed by atoms with Gasteiger partial charge in [-0.15, -0.1) is 0 Å². The molecule has 1 atom stereocenters. The maximum atomic E-state index is 6.28. The molecule has 1 unspecified atom stereocenters. The summed E-state index contributed by atoms with van der Waals surface area (Å²) in [5.74, 6) is 0.847. The summed E-state index contributed by atoms with van der Waals surface area (Å²) in [7, 11) is 0. The van der Waals surface area contributed by atoms with Crippen molar-refractivity contribution < 1.29 is 9.47 Å². The third kappa shape index (κ3) is 2.83. The van der Waals surface area contributed by atoms with Crippen LogP contribution in [0.1, 0.15) is 19.3 Å². The molecule has 120 valence electrons. The van der Waals surface area contributed by atoms with Crippen molar-refractivity contribution in [2.45, 2.75) is 30.9 Å². The van der Waals surface area contributed by atoms with E-state index in [1.165, 1.54) is 0 Å². The lowest BCUT2D eigenvalue weighted by molar-refractivity contribution is -0.0184. The summed E-state index contributed by atoms with van der Waals surface area (Å²) in [6.45, 7) is 6.68. The summed E-state index contributed by atoms with van der Waals surface area (Å²) in [6.07, 6.45) is 6.94. The Kier molecular flexibility index (Phi) is 3.98. The number of anilines is 1. The highest BCUT2D eigenvalue weighted by molar-refractivity contribution is 5.29. The van der Waals surface area contributed by atoms with Gasteiger partial charge in [-0.05, 0) is 25.3 Å². The van der Waals surface area contributed by atoms with Crippen LogP contribution in [0.3, 0.4) is 0 Å². The van der Waals surface area contributed by atoms with Crippen molar-refractivity contribution >= 4 is 5.95 Å². The molecule has 0 saturated carbocycles. The smallest absolute Gasteiger partial charge is 0.225 e. The Balaban J connectivity index is 1.35. The normalized spacial score (nSPS) is 29.1. The zero-order valence-electron chi connectivity index (χ0n) is 13.0. The molecule has 6 heteroatoms. The molecule has 0 N–H and O–H groups in total. The van der Waals surface area contributed by atoms with E-state index in [0.717, 1.165) is 71.2 Å². The molecule has 4 rings (SSSR count). The fraction of sp³-hybridized carbons (Fsp3) is 0.750. The number of aromatic nitrogens is 2. The molecule has 22 heavy (non-hydrogen) atoms. The highest BCUT2D eigenvalue weighted by Crippen LogP contribution is 2.38. The second-order valence-corrected chi connectivity index (χ2v) is 6.54. The summed E-state index contributed by atoms with van der Waals surface area (Å²) in [5.41, 5.74) is 0.0776. The third-order valence-electron chi connectivity index (χ3n) is 5.26. The highest BCUT2D eigenvalue weighted by atomic mass is 16.5. The molecule has 0 amide bonds. The van der Waals surface area contributed by atoms with E-state index in [4.69, 9.17) is 9.47 Å². The predicted molar refractivity (Wildman–Crippen MR) is 83.0 cm³/mol. The summed E-state index contributed by atoms with van der Waals surface area (Å²) in [5, 5.41) is 0. The zero-order valence-corrected chi connectivity index (χ0v) is 13.0. The van der Waals surface area contributed by atoms with Gasteiger partial charge in [0.1, 0.15) is 0 Å². The number of hydrogen-bond acceptors (Lipinski definition) is 6. The Morgan fingerprint density at radius 3 is 2.50 bits per heavy atom. The minimum atomic E-state index is 0.0776. The van der Waals surface area contributed by atoms with Crippen molar-refractivity contribution in [1.82, 2.24) is 14.9 Å². The molecule has 6 nitrogen and oxygen atoms in total. The molecule has 1 aromatic heterocycles. The van der Waals surface area contributed by atoms with E-state index >= 15 is 0 Å². The van der Waals surface area contributed by atoms with E-state index in [2.05, 4.69) is 19.8 Å². The average Bonchev–Trinajstić information content (AvgIpc) is 3.01. The Labute approximate surface area is 131 Å². The number of rotatable bonds is 2. The number of ether oxygens (including phenoxy) is 2. The van der Waals surface area contributed by atoms with Crippen LogP contribution >= 0.6 is 0 Å². The average molecular weight is 304 g/mol. The molecular weight excluding hydrogens is 280 g/mol. The van der Waals surface area contributed by atoms with E-state index in [9.17, 15) is 0 Å². The van der Waals surface area contributed by atoms with E-state index in [1.54, 1.807) is 0 Å². The van der Waals surface area contributed by atoms with Crippen molar-refractivity contribution in [2.75, 3.05) is 50.9 Å². The lowest BCUT2D eigenvalue weighted by Crippen LogP contribution is -2.47. The van der Waals surface area contributed by atoms with Crippen molar-refractivity contribution in [3.05, 3.63) is 18.5 Å². The van der Waals surface area contributed by atoms with Crippen LogP contribution in [0.2, 0.25) is 0 Å². The minimum absolute atomic E-state index is 0.0776. The molecule has 3 saturated heterocycles. The van der Waals surface area contributed by atoms with Crippen LogP contribution in [-0.4, -0.2) is 72.5 Å². The van der Waals surface area contributed by atoms with Gasteiger partial charge in [-0.25, -0.2) is 9.97 Å². The molecule has 0 radical (unpaired) electrons. The van der Waals surface area contributed by atoms with Gasteiger partial charge < -0.3 is 14.4 Å². The van der Waals surface area contributed by atoms with Gasteiger partial charge >= 0.3 is 0 Å². The second kappa shape index (κ2) is 6.10. The third-order valence-corrected chi connectivity index (χ3v) is 5.26. The van der Waals surface area contributed by atoms with Crippen molar-refractivity contribution in [3.8, 4) is 0 Å². The molecule has 3 fully saturated rings. The summed E-state index contributed by atoms with van der Waals surface area (Å²) >= 11 is 0. The summed E-state index contributed by atoms with van der Waals surface area (Å²) in [6, 6.07) is 2.44. The molecular formula is C16H24N4O2. The Bertz CT molecular complexity index is 484. The molecule has 3 aliphatic heterocycles. The molecule has 3 aliphatic rings. The molecule has 0 bridgehead atoms. The first-order valence-corrected chi connectivity index (χ1v) is 8.32. The Morgan fingerprint density at radius 2 is 1.77 bits per heavy atom. The maximum Gasteiger partial charge on any atom is 0.225 e. The first-order chi connectivity index (χ1) is 10.8. The summed E-state index contributed by atoms with van der Waals surface area (Å²) < 4.78 is 11.7. The maximum absolute atomic E-state index is 6.28. The first kappa shape index (κ1) is 14.4.